The van der Waals surface area contributed by atoms with Crippen LogP contribution in [0.3, 0.4) is 0 Å². The van der Waals surface area contributed by atoms with Crippen LogP contribution in [0.5, 0.6) is 0 Å². The Morgan fingerprint density at radius 2 is 2.18 bits per heavy atom. The van der Waals surface area contributed by atoms with Crippen LogP contribution in [0.4, 0.5) is 0 Å². The summed E-state index contributed by atoms with van der Waals surface area (Å²) < 4.78 is 10.7. The van der Waals surface area contributed by atoms with Gasteiger partial charge in [-0.2, -0.15) is 5.26 Å². The lowest BCUT2D eigenvalue weighted by Gasteiger charge is -2.04. The van der Waals surface area contributed by atoms with Crippen LogP contribution < -0.4 is 5.32 Å². The molecule has 4 heteroatoms. The Hall–Kier alpha value is -1.31. The van der Waals surface area contributed by atoms with E-state index < -0.39 is 0 Å². The van der Waals surface area contributed by atoms with Crippen molar-refractivity contribution in [3.05, 3.63) is 23.7 Å². The number of hydrogen-bond donors (Lipinski definition) is 1. The van der Waals surface area contributed by atoms with Crippen LogP contribution >= 0.6 is 0 Å². The van der Waals surface area contributed by atoms with Crippen molar-refractivity contribution < 1.29 is 9.15 Å². The van der Waals surface area contributed by atoms with E-state index in [0.29, 0.717) is 12.3 Å². The van der Waals surface area contributed by atoms with Crippen molar-refractivity contribution in [3.8, 4) is 6.07 Å². The lowest BCUT2D eigenvalue weighted by atomic mass is 10.3. The number of nitrogens with one attached hydrogen (secondary N) is 1. The van der Waals surface area contributed by atoms with Crippen molar-refractivity contribution in [1.82, 2.24) is 5.32 Å². The van der Waals surface area contributed by atoms with Crippen LogP contribution in [-0.2, 0) is 11.3 Å². The minimum atomic E-state index is 0.365. The van der Waals surface area contributed by atoms with Crippen LogP contribution in [0.15, 0.2) is 16.5 Å². The molecule has 0 unspecified atom stereocenters. The molecule has 0 aliphatic heterocycles. The number of rotatable bonds is 9. The van der Waals surface area contributed by atoms with Crippen molar-refractivity contribution in [2.24, 2.45) is 0 Å². The minimum absolute atomic E-state index is 0.365. The van der Waals surface area contributed by atoms with E-state index in [2.05, 4.69) is 12.2 Å². The first-order valence-corrected chi connectivity index (χ1v) is 6.14. The molecule has 17 heavy (non-hydrogen) atoms. The lowest BCUT2D eigenvalue weighted by Crippen LogP contribution is -2.16. The highest BCUT2D eigenvalue weighted by molar-refractivity contribution is 5.18. The first kappa shape index (κ1) is 13.8. The average molecular weight is 236 g/mol. The van der Waals surface area contributed by atoms with Gasteiger partial charge in [0.1, 0.15) is 11.8 Å². The summed E-state index contributed by atoms with van der Waals surface area (Å²) >= 11 is 0. The van der Waals surface area contributed by atoms with Gasteiger partial charge >= 0.3 is 0 Å². The van der Waals surface area contributed by atoms with E-state index in [4.69, 9.17) is 14.4 Å². The van der Waals surface area contributed by atoms with E-state index >= 15 is 0 Å². The zero-order valence-electron chi connectivity index (χ0n) is 10.4. The highest BCUT2D eigenvalue weighted by atomic mass is 16.5. The molecule has 94 valence electrons. The summed E-state index contributed by atoms with van der Waals surface area (Å²) in [6.45, 7) is 5.38. The number of hydrogen-bond acceptors (Lipinski definition) is 4. The third-order valence-electron chi connectivity index (χ3n) is 2.36. The van der Waals surface area contributed by atoms with Gasteiger partial charge in [0.2, 0.25) is 5.76 Å². The zero-order chi connectivity index (χ0) is 12.3. The molecule has 1 aromatic rings. The number of unbranched alkanes of at least 4 members (excludes halogenated alkanes) is 1. The second-order valence-electron chi connectivity index (χ2n) is 3.87. The standard InChI is InChI=1S/C13H20N2O2/c1-2-3-8-16-9-4-7-15-11-13-6-5-12(10-14)17-13/h5-6,15H,2-4,7-9,11H2,1H3. The Morgan fingerprint density at radius 3 is 2.88 bits per heavy atom. The minimum Gasteiger partial charge on any atom is -0.449 e. The zero-order valence-corrected chi connectivity index (χ0v) is 10.4. The molecule has 1 aromatic heterocycles. The Morgan fingerprint density at radius 1 is 1.35 bits per heavy atom. The average Bonchev–Trinajstić information content (AvgIpc) is 2.80. The molecule has 0 bridgehead atoms. The smallest absolute Gasteiger partial charge is 0.203 e. The molecule has 0 spiro atoms. The van der Waals surface area contributed by atoms with Gasteiger partial charge < -0.3 is 14.5 Å². The molecule has 0 saturated carbocycles. The Kier molecular flexibility index (Phi) is 7.12. The fourth-order valence-corrected chi connectivity index (χ4v) is 1.39. The summed E-state index contributed by atoms with van der Waals surface area (Å²) in [5.41, 5.74) is 0. The maximum atomic E-state index is 8.58. The normalized spacial score (nSPS) is 10.4. The fraction of sp³-hybridized carbons (Fsp3) is 0.615. The quantitative estimate of drug-likeness (QED) is 0.669. The van der Waals surface area contributed by atoms with Crippen molar-refractivity contribution in [3.63, 3.8) is 0 Å². The van der Waals surface area contributed by atoms with Crippen molar-refractivity contribution in [2.75, 3.05) is 19.8 Å². The highest BCUT2D eigenvalue weighted by Crippen LogP contribution is 2.05. The van der Waals surface area contributed by atoms with Crippen LogP contribution in [0, 0.1) is 11.3 Å². The molecule has 1 N–H and O–H groups in total. The molecule has 4 nitrogen and oxygen atoms in total. The van der Waals surface area contributed by atoms with Gasteiger partial charge in [-0.1, -0.05) is 13.3 Å². The second-order valence-corrected chi connectivity index (χ2v) is 3.87. The molecule has 0 amide bonds. The van der Waals surface area contributed by atoms with E-state index in [1.807, 2.05) is 12.1 Å². The van der Waals surface area contributed by atoms with Gasteiger partial charge in [0.25, 0.3) is 0 Å². The van der Waals surface area contributed by atoms with E-state index in [1.54, 1.807) is 6.07 Å². The largest absolute Gasteiger partial charge is 0.449 e. The number of ether oxygens (including phenoxy) is 1. The number of nitriles is 1. The molecule has 0 aliphatic carbocycles. The molecule has 0 atom stereocenters. The molecule has 0 aliphatic rings. The monoisotopic (exact) mass is 236 g/mol. The van der Waals surface area contributed by atoms with Crippen molar-refractivity contribution in [1.29, 1.82) is 5.26 Å². The lowest BCUT2D eigenvalue weighted by molar-refractivity contribution is 0.128. The molecule has 0 fully saturated rings. The summed E-state index contributed by atoms with van der Waals surface area (Å²) in [6.07, 6.45) is 3.31. The summed E-state index contributed by atoms with van der Waals surface area (Å²) in [7, 11) is 0. The summed E-state index contributed by atoms with van der Waals surface area (Å²) in [5.74, 6) is 1.16. The Bertz CT molecular complexity index is 341. The maximum Gasteiger partial charge on any atom is 0.203 e. The van der Waals surface area contributed by atoms with E-state index in [-0.39, 0.29) is 0 Å². The van der Waals surface area contributed by atoms with Crippen LogP contribution in [-0.4, -0.2) is 19.8 Å². The molecule has 1 rings (SSSR count). The van der Waals surface area contributed by atoms with Gasteiger partial charge in [-0.05, 0) is 31.5 Å². The molecular formula is C13H20N2O2. The van der Waals surface area contributed by atoms with Crippen LogP contribution in [0.2, 0.25) is 0 Å². The predicted octanol–water partition coefficient (Wildman–Crippen LogP) is 2.45. The van der Waals surface area contributed by atoms with E-state index in [9.17, 15) is 0 Å². The number of nitrogens with zero attached hydrogens (tertiary/aromatic N) is 1. The SMILES string of the molecule is CCCCOCCCNCc1ccc(C#N)o1. The summed E-state index contributed by atoms with van der Waals surface area (Å²) in [6, 6.07) is 5.47. The van der Waals surface area contributed by atoms with Crippen LogP contribution in [0.25, 0.3) is 0 Å². The summed E-state index contributed by atoms with van der Waals surface area (Å²) in [5, 5.41) is 11.8. The van der Waals surface area contributed by atoms with Gasteiger partial charge in [-0.3, -0.25) is 0 Å². The van der Waals surface area contributed by atoms with Crippen molar-refractivity contribution in [2.45, 2.75) is 32.7 Å². The maximum absolute atomic E-state index is 8.58. The van der Waals surface area contributed by atoms with E-state index in [0.717, 1.165) is 38.4 Å². The number of furan rings is 1. The van der Waals surface area contributed by atoms with E-state index in [1.165, 1.54) is 6.42 Å². The molecule has 0 radical (unpaired) electrons. The summed E-state index contributed by atoms with van der Waals surface area (Å²) in [4.78, 5) is 0. The van der Waals surface area contributed by atoms with Gasteiger partial charge in [0.05, 0.1) is 6.54 Å². The van der Waals surface area contributed by atoms with Gasteiger partial charge in [0.15, 0.2) is 0 Å². The second kappa shape index (κ2) is 8.80. The van der Waals surface area contributed by atoms with Gasteiger partial charge in [-0.15, -0.1) is 0 Å². The third-order valence-corrected chi connectivity index (χ3v) is 2.36. The fourth-order valence-electron chi connectivity index (χ4n) is 1.39. The molecular weight excluding hydrogens is 216 g/mol. The topological polar surface area (TPSA) is 58.2 Å². The van der Waals surface area contributed by atoms with Crippen LogP contribution in [0.1, 0.15) is 37.7 Å². The molecule has 0 saturated heterocycles. The Labute approximate surface area is 103 Å². The first-order chi connectivity index (χ1) is 8.36. The van der Waals surface area contributed by atoms with Crippen molar-refractivity contribution >= 4 is 0 Å². The molecule has 1 heterocycles. The molecule has 0 aromatic carbocycles. The first-order valence-electron chi connectivity index (χ1n) is 6.14. The highest BCUT2D eigenvalue weighted by Gasteiger charge is 1.99. The van der Waals surface area contributed by atoms with Gasteiger partial charge in [0, 0.05) is 13.2 Å². The predicted molar refractivity (Wildman–Crippen MR) is 65.5 cm³/mol. The van der Waals surface area contributed by atoms with Gasteiger partial charge in [-0.25, -0.2) is 0 Å². The third kappa shape index (κ3) is 6.10. The Balaban J connectivity index is 1.95.